The number of nitrogens with one attached hydrogen (secondary N) is 1. The normalized spacial score (nSPS) is 14.3. The Morgan fingerprint density at radius 2 is 1.88 bits per heavy atom. The van der Waals surface area contributed by atoms with Gasteiger partial charge in [0.1, 0.15) is 5.76 Å². The van der Waals surface area contributed by atoms with Crippen LogP contribution in [0.15, 0.2) is 56.7 Å². The molecule has 0 amide bonds. The third-order valence-corrected chi connectivity index (χ3v) is 6.75. The highest BCUT2D eigenvalue weighted by atomic mass is 32.2. The van der Waals surface area contributed by atoms with Gasteiger partial charge in [0, 0.05) is 5.56 Å². The van der Waals surface area contributed by atoms with Gasteiger partial charge in [0.2, 0.25) is 10.0 Å². The second-order valence-corrected chi connectivity index (χ2v) is 8.89. The molecule has 7 heteroatoms. The first-order valence-corrected chi connectivity index (χ1v) is 10.5. The Kier molecular flexibility index (Phi) is 5.07. The lowest BCUT2D eigenvalue weighted by atomic mass is 9.94. The van der Waals surface area contributed by atoms with E-state index in [1.165, 1.54) is 17.6 Å². The molecule has 5 nitrogen and oxygen atoms in total. The summed E-state index contributed by atoms with van der Waals surface area (Å²) in [5, 5.41) is 14.8. The molecule has 2 heterocycles. The molecule has 3 aromatic rings. The maximum absolute atomic E-state index is 12.9. The van der Waals surface area contributed by atoms with Crippen LogP contribution in [-0.4, -0.2) is 20.1 Å². The Hall–Kier alpha value is -1.93. The van der Waals surface area contributed by atoms with Crippen molar-refractivity contribution in [2.24, 2.45) is 0 Å². The zero-order valence-electron chi connectivity index (χ0n) is 14.8. The molecule has 0 saturated carbocycles. The quantitative estimate of drug-likeness (QED) is 0.674. The molecular weight excluding hydrogens is 370 g/mol. The second kappa shape index (κ2) is 7.00. The molecule has 138 valence electrons. The molecule has 0 aliphatic heterocycles. The fourth-order valence-corrected chi connectivity index (χ4v) is 4.94. The highest BCUT2D eigenvalue weighted by molar-refractivity contribution is 7.89. The minimum absolute atomic E-state index is 0.215. The minimum atomic E-state index is -3.79. The first-order valence-electron chi connectivity index (χ1n) is 8.10. The van der Waals surface area contributed by atoms with Crippen molar-refractivity contribution in [2.75, 3.05) is 6.54 Å². The van der Waals surface area contributed by atoms with Crippen LogP contribution >= 0.6 is 11.3 Å². The summed E-state index contributed by atoms with van der Waals surface area (Å²) in [4.78, 5) is 0.215. The first kappa shape index (κ1) is 18.8. The van der Waals surface area contributed by atoms with E-state index >= 15 is 0 Å². The number of aryl methyl sites for hydroxylation is 3. The third-order valence-electron chi connectivity index (χ3n) is 4.53. The molecule has 1 aromatic carbocycles. The lowest BCUT2D eigenvalue weighted by Gasteiger charge is -2.26. The fraction of sp³-hybridized carbons (Fsp3) is 0.263. The van der Waals surface area contributed by atoms with Crippen molar-refractivity contribution in [3.63, 3.8) is 0 Å². The van der Waals surface area contributed by atoms with Crippen molar-refractivity contribution in [3.8, 4) is 0 Å². The minimum Gasteiger partial charge on any atom is -0.466 e. The molecular formula is C19H21NO4S2. The van der Waals surface area contributed by atoms with Crippen LogP contribution in [0, 0.1) is 20.8 Å². The van der Waals surface area contributed by atoms with Gasteiger partial charge in [-0.15, -0.1) is 0 Å². The maximum Gasteiger partial charge on any atom is 0.240 e. The average Bonchev–Trinajstić information content (AvgIpc) is 3.29. The lowest BCUT2D eigenvalue weighted by Crippen LogP contribution is -2.41. The monoisotopic (exact) mass is 391 g/mol. The summed E-state index contributed by atoms with van der Waals surface area (Å²) < 4.78 is 33.6. The van der Waals surface area contributed by atoms with Gasteiger partial charge < -0.3 is 9.52 Å². The largest absolute Gasteiger partial charge is 0.466 e. The van der Waals surface area contributed by atoms with Gasteiger partial charge in [0.25, 0.3) is 0 Å². The van der Waals surface area contributed by atoms with Gasteiger partial charge in [0.15, 0.2) is 5.60 Å². The topological polar surface area (TPSA) is 79.5 Å². The number of hydrogen-bond acceptors (Lipinski definition) is 5. The van der Waals surface area contributed by atoms with Gasteiger partial charge in [0.05, 0.1) is 17.7 Å². The van der Waals surface area contributed by atoms with E-state index < -0.39 is 15.6 Å². The zero-order chi connectivity index (χ0) is 18.9. The van der Waals surface area contributed by atoms with E-state index in [1.807, 2.05) is 25.3 Å². The summed E-state index contributed by atoms with van der Waals surface area (Å²) in [6, 6.07) is 8.55. The maximum atomic E-state index is 12.9. The predicted molar refractivity (Wildman–Crippen MR) is 102 cm³/mol. The summed E-state index contributed by atoms with van der Waals surface area (Å²) in [6.45, 7) is 5.35. The summed E-state index contributed by atoms with van der Waals surface area (Å²) in [5.74, 6) is 0.287. The number of rotatable bonds is 6. The SMILES string of the molecule is Cc1cc(C)c(S(=O)(=O)NC[C@@](O)(c2ccsc2)c2ccco2)cc1C. The van der Waals surface area contributed by atoms with Crippen molar-refractivity contribution in [1.29, 1.82) is 0 Å². The molecule has 0 aliphatic carbocycles. The Bertz CT molecular complexity index is 956. The summed E-state index contributed by atoms with van der Waals surface area (Å²) in [7, 11) is -3.79. The van der Waals surface area contributed by atoms with Gasteiger partial charge in [-0.05, 0) is 72.5 Å². The summed E-state index contributed by atoms with van der Waals surface area (Å²) in [5.41, 5.74) is 1.60. The van der Waals surface area contributed by atoms with Crippen LogP contribution in [0.2, 0.25) is 0 Å². The Morgan fingerprint density at radius 3 is 2.50 bits per heavy atom. The second-order valence-electron chi connectivity index (χ2n) is 6.38. The van der Waals surface area contributed by atoms with Crippen LogP contribution in [0.1, 0.15) is 28.0 Å². The molecule has 26 heavy (non-hydrogen) atoms. The van der Waals surface area contributed by atoms with E-state index in [0.29, 0.717) is 11.1 Å². The Labute approximate surface area is 157 Å². The third kappa shape index (κ3) is 3.48. The molecule has 3 rings (SSSR count). The molecule has 2 N–H and O–H groups in total. The van der Waals surface area contributed by atoms with Gasteiger partial charge in [-0.2, -0.15) is 11.3 Å². The van der Waals surface area contributed by atoms with Crippen LogP contribution in [0.3, 0.4) is 0 Å². The van der Waals surface area contributed by atoms with E-state index in [-0.39, 0.29) is 17.2 Å². The Morgan fingerprint density at radius 1 is 1.15 bits per heavy atom. The van der Waals surface area contributed by atoms with Crippen LogP contribution in [0.4, 0.5) is 0 Å². The molecule has 1 atom stereocenters. The van der Waals surface area contributed by atoms with E-state index in [9.17, 15) is 13.5 Å². The summed E-state index contributed by atoms with van der Waals surface area (Å²) >= 11 is 1.42. The zero-order valence-corrected chi connectivity index (χ0v) is 16.4. The van der Waals surface area contributed by atoms with E-state index in [2.05, 4.69) is 4.72 Å². The van der Waals surface area contributed by atoms with E-state index in [1.54, 1.807) is 36.6 Å². The lowest BCUT2D eigenvalue weighted by molar-refractivity contribution is 0.0623. The van der Waals surface area contributed by atoms with Crippen molar-refractivity contribution in [3.05, 3.63) is 75.4 Å². The van der Waals surface area contributed by atoms with Gasteiger partial charge >= 0.3 is 0 Å². The van der Waals surface area contributed by atoms with Crippen molar-refractivity contribution < 1.29 is 17.9 Å². The van der Waals surface area contributed by atoms with E-state index in [4.69, 9.17) is 4.42 Å². The number of aliphatic hydroxyl groups is 1. The molecule has 0 saturated heterocycles. The molecule has 0 spiro atoms. The van der Waals surface area contributed by atoms with Crippen LogP contribution in [-0.2, 0) is 15.6 Å². The number of thiophene rings is 1. The van der Waals surface area contributed by atoms with Crippen molar-refractivity contribution in [1.82, 2.24) is 4.72 Å². The van der Waals surface area contributed by atoms with Crippen LogP contribution < -0.4 is 4.72 Å². The molecule has 0 unspecified atom stereocenters. The molecule has 0 aliphatic rings. The smallest absolute Gasteiger partial charge is 0.240 e. The Balaban J connectivity index is 1.94. The molecule has 0 fully saturated rings. The summed E-state index contributed by atoms with van der Waals surface area (Å²) in [6.07, 6.45) is 1.45. The van der Waals surface area contributed by atoms with Crippen LogP contribution in [0.5, 0.6) is 0 Å². The van der Waals surface area contributed by atoms with Crippen LogP contribution in [0.25, 0.3) is 0 Å². The fourth-order valence-electron chi connectivity index (χ4n) is 2.85. The van der Waals surface area contributed by atoms with Gasteiger partial charge in [-0.1, -0.05) is 6.07 Å². The molecule has 0 radical (unpaired) electrons. The first-order chi connectivity index (χ1) is 12.2. The van der Waals surface area contributed by atoms with Crippen molar-refractivity contribution in [2.45, 2.75) is 31.3 Å². The molecule has 0 bridgehead atoms. The predicted octanol–water partition coefficient (Wildman–Crippen LogP) is 3.48. The number of sulfonamides is 1. The highest BCUT2D eigenvalue weighted by Gasteiger charge is 2.36. The highest BCUT2D eigenvalue weighted by Crippen LogP contribution is 2.31. The standard InChI is InChI=1S/C19H21NO4S2/c1-13-9-15(3)17(10-14(13)2)26(22,23)20-12-19(21,16-6-8-25-11-16)18-5-4-7-24-18/h4-11,20-21H,12H2,1-3H3/t19-/m1/s1. The van der Waals surface area contributed by atoms with Gasteiger partial charge in [-0.25, -0.2) is 13.1 Å². The number of benzene rings is 1. The average molecular weight is 392 g/mol. The molecule has 2 aromatic heterocycles. The van der Waals surface area contributed by atoms with Gasteiger partial charge in [-0.3, -0.25) is 0 Å². The number of furan rings is 1. The van der Waals surface area contributed by atoms with Crippen molar-refractivity contribution >= 4 is 21.4 Å². The number of hydrogen-bond donors (Lipinski definition) is 2. The van der Waals surface area contributed by atoms with E-state index in [0.717, 1.165) is 11.1 Å².